The van der Waals surface area contributed by atoms with Crippen LogP contribution in [0.2, 0.25) is 0 Å². The van der Waals surface area contributed by atoms with Gasteiger partial charge in [-0.15, -0.1) is 0 Å². The first-order valence-corrected chi connectivity index (χ1v) is 15.2. The van der Waals surface area contributed by atoms with Crippen molar-refractivity contribution in [3.8, 4) is 0 Å². The number of ketones is 1. The highest BCUT2D eigenvalue weighted by Crippen LogP contribution is 2.30. The molecule has 5 atom stereocenters. The number of carbonyl (C=O) groups is 3. The lowest BCUT2D eigenvalue weighted by molar-refractivity contribution is -0.138. The Kier molecular flexibility index (Phi) is 11.9. The Morgan fingerprint density at radius 2 is 1.63 bits per heavy atom. The van der Waals surface area contributed by atoms with E-state index in [0.717, 1.165) is 57.8 Å². The molecule has 0 spiro atoms. The van der Waals surface area contributed by atoms with Gasteiger partial charge in [-0.1, -0.05) is 26.7 Å². The van der Waals surface area contributed by atoms with Gasteiger partial charge in [-0.2, -0.15) is 0 Å². The standard InChI is InChI=1S/C30H53N3O5/c1-20(16-28(35)36)19-38-25-10-7-9-24(18-25)33-30(3,4)27(34)17-22-12-14-23(15-13-22)31-29(37)32-26-11-6-5-8-21(26)2/h20-26,33H,5-19H2,1-4H3,(H,35,36)(H2,31,32,37)/t20-,21?,22?,23?,24?,25?,26?/m0/s1. The minimum atomic E-state index is -0.788. The van der Waals surface area contributed by atoms with E-state index in [9.17, 15) is 14.4 Å². The number of nitrogens with one attached hydrogen (secondary N) is 3. The van der Waals surface area contributed by atoms with E-state index in [1.165, 1.54) is 19.3 Å². The van der Waals surface area contributed by atoms with Crippen LogP contribution in [0.3, 0.4) is 0 Å². The number of amides is 2. The van der Waals surface area contributed by atoms with Crippen molar-refractivity contribution in [3.05, 3.63) is 0 Å². The molecule has 0 aliphatic heterocycles. The van der Waals surface area contributed by atoms with Crippen LogP contribution in [0.1, 0.15) is 118 Å². The van der Waals surface area contributed by atoms with Gasteiger partial charge in [0.1, 0.15) is 0 Å². The molecule has 218 valence electrons. The lowest BCUT2D eigenvalue weighted by Gasteiger charge is -2.37. The van der Waals surface area contributed by atoms with E-state index in [-0.39, 0.29) is 42.3 Å². The van der Waals surface area contributed by atoms with Gasteiger partial charge in [-0.05, 0) is 95.8 Å². The largest absolute Gasteiger partial charge is 0.481 e. The monoisotopic (exact) mass is 535 g/mol. The van der Waals surface area contributed by atoms with Crippen molar-refractivity contribution in [3.63, 3.8) is 0 Å². The van der Waals surface area contributed by atoms with E-state index >= 15 is 0 Å². The molecule has 3 fully saturated rings. The van der Waals surface area contributed by atoms with Gasteiger partial charge in [-0.3, -0.25) is 9.59 Å². The zero-order valence-electron chi connectivity index (χ0n) is 24.2. The van der Waals surface area contributed by atoms with E-state index in [2.05, 4.69) is 22.9 Å². The smallest absolute Gasteiger partial charge is 0.315 e. The first-order valence-electron chi connectivity index (χ1n) is 15.2. The van der Waals surface area contributed by atoms with Crippen molar-refractivity contribution < 1.29 is 24.2 Å². The second kappa shape index (κ2) is 14.6. The number of hydrogen-bond donors (Lipinski definition) is 4. The Morgan fingerprint density at radius 1 is 0.921 bits per heavy atom. The van der Waals surface area contributed by atoms with Crippen molar-refractivity contribution in [2.75, 3.05) is 6.61 Å². The summed E-state index contributed by atoms with van der Waals surface area (Å²) in [6.45, 7) is 8.60. The number of aliphatic carboxylic acids is 1. The van der Waals surface area contributed by atoms with Crippen LogP contribution in [-0.2, 0) is 14.3 Å². The van der Waals surface area contributed by atoms with E-state index in [0.29, 0.717) is 30.9 Å². The number of carboxylic acids is 1. The second-order valence-electron chi connectivity index (χ2n) is 13.1. The summed E-state index contributed by atoms with van der Waals surface area (Å²) in [5.41, 5.74) is -0.588. The van der Waals surface area contributed by atoms with Crippen LogP contribution in [0.5, 0.6) is 0 Å². The van der Waals surface area contributed by atoms with Crippen LogP contribution in [0.4, 0.5) is 4.79 Å². The highest BCUT2D eigenvalue weighted by atomic mass is 16.5. The maximum Gasteiger partial charge on any atom is 0.315 e. The van der Waals surface area contributed by atoms with Crippen LogP contribution >= 0.6 is 0 Å². The predicted octanol–water partition coefficient (Wildman–Crippen LogP) is 5.19. The number of urea groups is 1. The maximum absolute atomic E-state index is 13.3. The molecule has 38 heavy (non-hydrogen) atoms. The first kappa shape index (κ1) is 30.9. The van der Waals surface area contributed by atoms with Gasteiger partial charge in [0.2, 0.25) is 0 Å². The van der Waals surface area contributed by atoms with Crippen molar-refractivity contribution in [1.29, 1.82) is 0 Å². The molecule has 4 unspecified atom stereocenters. The molecular weight excluding hydrogens is 482 g/mol. The van der Waals surface area contributed by atoms with E-state index in [1.54, 1.807) is 0 Å². The summed E-state index contributed by atoms with van der Waals surface area (Å²) < 4.78 is 6.03. The average Bonchev–Trinajstić information content (AvgIpc) is 2.85. The number of carbonyl (C=O) groups excluding carboxylic acids is 2. The SMILES string of the molecule is CC1CCCCC1NC(=O)NC1CCC(CC(=O)C(C)(C)NC2CCCC(OC[C@@H](C)CC(=O)O)C2)CC1. The fraction of sp³-hybridized carbons (Fsp3) is 0.900. The molecule has 3 rings (SSSR count). The molecule has 0 aromatic rings. The van der Waals surface area contributed by atoms with Crippen molar-refractivity contribution in [2.24, 2.45) is 17.8 Å². The third-order valence-electron chi connectivity index (χ3n) is 9.11. The molecule has 0 aromatic carbocycles. The summed E-state index contributed by atoms with van der Waals surface area (Å²) in [6.07, 6.45) is 13.3. The second-order valence-corrected chi connectivity index (χ2v) is 13.1. The molecule has 8 heteroatoms. The number of hydrogen-bond acceptors (Lipinski definition) is 5. The molecule has 4 N–H and O–H groups in total. The highest BCUT2D eigenvalue weighted by molar-refractivity contribution is 5.87. The molecule has 0 saturated heterocycles. The Balaban J connectivity index is 1.36. The average molecular weight is 536 g/mol. The molecule has 8 nitrogen and oxygen atoms in total. The zero-order chi connectivity index (χ0) is 27.7. The normalized spacial score (nSPS) is 31.3. The first-order chi connectivity index (χ1) is 18.0. The Labute approximate surface area is 229 Å². The van der Waals surface area contributed by atoms with Crippen molar-refractivity contribution >= 4 is 17.8 Å². The van der Waals surface area contributed by atoms with E-state index < -0.39 is 11.5 Å². The third-order valence-corrected chi connectivity index (χ3v) is 9.11. The highest BCUT2D eigenvalue weighted by Gasteiger charge is 2.35. The van der Waals surface area contributed by atoms with Crippen LogP contribution in [0, 0.1) is 17.8 Å². The summed E-state index contributed by atoms with van der Waals surface area (Å²) in [4.78, 5) is 36.7. The van der Waals surface area contributed by atoms with Gasteiger partial charge in [0.05, 0.1) is 24.7 Å². The molecule has 3 aliphatic rings. The minimum absolute atomic E-state index is 0.000818. The van der Waals surface area contributed by atoms with Gasteiger partial charge in [-0.25, -0.2) is 4.79 Å². The number of rotatable bonds is 12. The minimum Gasteiger partial charge on any atom is -0.481 e. The quantitative estimate of drug-likeness (QED) is 0.273. The summed E-state index contributed by atoms with van der Waals surface area (Å²) in [7, 11) is 0. The molecule has 0 bridgehead atoms. The number of Topliss-reactive ketones (excluding diaryl/α,β-unsaturated/α-hetero) is 1. The third kappa shape index (κ3) is 10.1. The van der Waals surface area contributed by atoms with E-state index in [4.69, 9.17) is 9.84 Å². The van der Waals surface area contributed by atoms with Gasteiger partial charge in [0.15, 0.2) is 5.78 Å². The Bertz CT molecular complexity index is 780. The summed E-state index contributed by atoms with van der Waals surface area (Å²) >= 11 is 0. The van der Waals surface area contributed by atoms with Gasteiger partial charge in [0.25, 0.3) is 0 Å². The van der Waals surface area contributed by atoms with Crippen molar-refractivity contribution in [2.45, 2.75) is 147 Å². The summed E-state index contributed by atoms with van der Waals surface area (Å²) in [6, 6.07) is 0.690. The zero-order valence-corrected chi connectivity index (χ0v) is 24.2. The fourth-order valence-corrected chi connectivity index (χ4v) is 6.63. The molecule has 0 radical (unpaired) electrons. The van der Waals surface area contributed by atoms with Crippen LogP contribution < -0.4 is 16.0 Å². The van der Waals surface area contributed by atoms with Gasteiger partial charge >= 0.3 is 12.0 Å². The molecular formula is C30H53N3O5. The maximum atomic E-state index is 13.3. The lowest BCUT2D eigenvalue weighted by Crippen LogP contribution is -2.54. The molecule has 0 heterocycles. The van der Waals surface area contributed by atoms with Crippen LogP contribution in [0.15, 0.2) is 0 Å². The van der Waals surface area contributed by atoms with E-state index in [1.807, 2.05) is 20.8 Å². The predicted molar refractivity (Wildman–Crippen MR) is 149 cm³/mol. The Morgan fingerprint density at radius 3 is 2.32 bits per heavy atom. The number of ether oxygens (including phenoxy) is 1. The lowest BCUT2D eigenvalue weighted by atomic mass is 9.80. The van der Waals surface area contributed by atoms with Crippen LogP contribution in [-0.4, -0.2) is 59.3 Å². The molecule has 2 amide bonds. The summed E-state index contributed by atoms with van der Waals surface area (Å²) in [5, 5.41) is 19.0. The molecule has 3 saturated carbocycles. The summed E-state index contributed by atoms with van der Waals surface area (Å²) in [5.74, 6) is 0.397. The topological polar surface area (TPSA) is 117 Å². The fourth-order valence-electron chi connectivity index (χ4n) is 6.63. The number of carboxylic acid groups (broad SMARTS) is 1. The van der Waals surface area contributed by atoms with Crippen LogP contribution in [0.25, 0.3) is 0 Å². The van der Waals surface area contributed by atoms with Crippen molar-refractivity contribution in [1.82, 2.24) is 16.0 Å². The molecule has 0 aromatic heterocycles. The van der Waals surface area contributed by atoms with Gasteiger partial charge < -0.3 is 25.8 Å². The molecule has 3 aliphatic carbocycles. The van der Waals surface area contributed by atoms with Gasteiger partial charge in [0, 0.05) is 24.5 Å². The Hall–Kier alpha value is -1.67.